The van der Waals surface area contributed by atoms with Gasteiger partial charge < -0.3 is 25.4 Å². The van der Waals surface area contributed by atoms with E-state index in [1.165, 1.54) is 28.8 Å². The van der Waals surface area contributed by atoms with Crippen molar-refractivity contribution in [3.05, 3.63) is 107 Å². The van der Waals surface area contributed by atoms with Gasteiger partial charge >= 0.3 is 0 Å². The summed E-state index contributed by atoms with van der Waals surface area (Å²) in [5, 5.41) is 10.4. The molecular formula is C35H33FN6O4. The van der Waals surface area contributed by atoms with Gasteiger partial charge in [0.15, 0.2) is 23.1 Å². The van der Waals surface area contributed by atoms with Crippen molar-refractivity contribution in [3.63, 3.8) is 0 Å². The molecule has 4 heterocycles. The average Bonchev–Trinajstić information content (AvgIpc) is 3.05. The molecule has 3 N–H and O–H groups in total. The number of hydrogen-bond donors (Lipinski definition) is 3. The Balaban J connectivity index is 1.29. The number of fused-ring (bicyclic) bond motifs is 2. The van der Waals surface area contributed by atoms with Crippen LogP contribution in [0, 0.1) is 5.82 Å². The van der Waals surface area contributed by atoms with Gasteiger partial charge in [0.05, 0.1) is 5.54 Å². The van der Waals surface area contributed by atoms with Gasteiger partial charge in [0, 0.05) is 28.5 Å². The molecule has 0 aliphatic carbocycles. The van der Waals surface area contributed by atoms with Crippen LogP contribution in [0.4, 0.5) is 21.7 Å². The molecule has 10 nitrogen and oxygen atoms in total. The molecule has 0 amide bonds. The van der Waals surface area contributed by atoms with Crippen LogP contribution in [-0.2, 0) is 0 Å². The zero-order chi connectivity index (χ0) is 31.8. The van der Waals surface area contributed by atoms with E-state index in [-0.39, 0.29) is 35.0 Å². The van der Waals surface area contributed by atoms with Crippen LogP contribution in [-0.4, -0.2) is 45.1 Å². The Morgan fingerprint density at radius 1 is 0.957 bits per heavy atom. The van der Waals surface area contributed by atoms with Crippen molar-refractivity contribution in [3.8, 4) is 17.2 Å². The third-order valence-corrected chi connectivity index (χ3v) is 8.34. The summed E-state index contributed by atoms with van der Waals surface area (Å²) in [5.74, 6) is -0.156. The second-order valence-corrected chi connectivity index (χ2v) is 12.1. The van der Waals surface area contributed by atoms with Gasteiger partial charge in [0.2, 0.25) is 5.95 Å². The number of pyridine rings is 1. The highest BCUT2D eigenvalue weighted by molar-refractivity contribution is 6.07. The fourth-order valence-electron chi connectivity index (χ4n) is 6.10. The van der Waals surface area contributed by atoms with Crippen LogP contribution in [0.25, 0.3) is 11.0 Å². The van der Waals surface area contributed by atoms with Crippen LogP contribution < -0.4 is 31.0 Å². The number of carbonyl (C=O) groups is 1. The number of ketones is 1. The van der Waals surface area contributed by atoms with E-state index in [1.807, 2.05) is 50.2 Å². The van der Waals surface area contributed by atoms with Crippen LogP contribution in [0.3, 0.4) is 0 Å². The predicted molar refractivity (Wildman–Crippen MR) is 174 cm³/mol. The van der Waals surface area contributed by atoms with E-state index in [4.69, 9.17) is 14.5 Å². The molecule has 2 aromatic heterocycles. The SMILES string of the molecule is CC1(C)Nc2ccccc2C(=O)C1n1c(=O)c(Oc2ccccc2F)cc2cnc(Nc3ccc(OC4CCNCC4)cc3)nc21. The fraction of sp³-hybridized carbons (Fsp3) is 0.257. The van der Waals surface area contributed by atoms with E-state index in [0.717, 1.165) is 37.4 Å². The number of para-hydroxylation sites is 2. The highest BCUT2D eigenvalue weighted by atomic mass is 19.1. The lowest BCUT2D eigenvalue weighted by molar-refractivity contribution is 0.0876. The summed E-state index contributed by atoms with van der Waals surface area (Å²) in [4.78, 5) is 37.6. The molecule has 0 spiro atoms. The normalized spacial score (nSPS) is 17.6. The van der Waals surface area contributed by atoms with Crippen LogP contribution >= 0.6 is 0 Å². The molecular weight excluding hydrogens is 587 g/mol. The highest BCUT2D eigenvalue weighted by Crippen LogP contribution is 2.39. The number of piperidine rings is 1. The molecule has 1 atom stereocenters. The first-order valence-electron chi connectivity index (χ1n) is 15.3. The summed E-state index contributed by atoms with van der Waals surface area (Å²) in [6, 6.07) is 21.0. The van der Waals surface area contributed by atoms with Crippen LogP contribution in [0.5, 0.6) is 17.2 Å². The number of halogens is 1. The van der Waals surface area contributed by atoms with Gasteiger partial charge in [-0.2, -0.15) is 4.98 Å². The van der Waals surface area contributed by atoms with Crippen molar-refractivity contribution in [2.45, 2.75) is 44.4 Å². The minimum atomic E-state index is -1.02. The van der Waals surface area contributed by atoms with Crippen LogP contribution in [0.2, 0.25) is 0 Å². The zero-order valence-electron chi connectivity index (χ0n) is 25.4. The van der Waals surface area contributed by atoms with E-state index >= 15 is 0 Å². The van der Waals surface area contributed by atoms with Crippen LogP contribution in [0.15, 0.2) is 89.9 Å². The molecule has 0 radical (unpaired) electrons. The molecule has 2 aliphatic rings. The van der Waals surface area contributed by atoms with Gasteiger partial charge in [0.25, 0.3) is 5.56 Å². The first kappa shape index (κ1) is 29.4. The summed E-state index contributed by atoms with van der Waals surface area (Å²) in [7, 11) is 0. The summed E-state index contributed by atoms with van der Waals surface area (Å²) in [5.41, 5.74) is 0.520. The lowest BCUT2D eigenvalue weighted by atomic mass is 9.82. The summed E-state index contributed by atoms with van der Waals surface area (Å²) >= 11 is 0. The largest absolute Gasteiger partial charge is 0.490 e. The Morgan fingerprint density at radius 3 is 2.48 bits per heavy atom. The monoisotopic (exact) mass is 620 g/mol. The lowest BCUT2D eigenvalue weighted by Crippen LogP contribution is -2.51. The summed E-state index contributed by atoms with van der Waals surface area (Å²) in [6.45, 7) is 5.58. The van der Waals surface area contributed by atoms with Crippen molar-refractivity contribution in [2.75, 3.05) is 23.7 Å². The third kappa shape index (κ3) is 5.65. The first-order valence-corrected chi connectivity index (χ1v) is 15.3. The first-order chi connectivity index (χ1) is 22.3. The maximum Gasteiger partial charge on any atom is 0.295 e. The number of carbonyl (C=O) groups excluding carboxylic acids is 1. The lowest BCUT2D eigenvalue weighted by Gasteiger charge is -2.41. The molecule has 1 unspecified atom stereocenters. The number of rotatable bonds is 7. The van der Waals surface area contributed by atoms with Gasteiger partial charge in [-0.15, -0.1) is 0 Å². The number of nitrogens with zero attached hydrogens (tertiary/aromatic N) is 3. The Morgan fingerprint density at radius 2 is 1.70 bits per heavy atom. The minimum absolute atomic E-state index is 0.116. The third-order valence-electron chi connectivity index (χ3n) is 8.34. The molecule has 0 bridgehead atoms. The van der Waals surface area contributed by atoms with E-state index < -0.39 is 23.0 Å². The van der Waals surface area contributed by atoms with Gasteiger partial charge in [-0.25, -0.2) is 9.37 Å². The van der Waals surface area contributed by atoms with Crippen molar-refractivity contribution >= 4 is 34.1 Å². The van der Waals surface area contributed by atoms with Gasteiger partial charge in [-0.05, 0) is 94.4 Å². The molecule has 11 heteroatoms. The summed E-state index contributed by atoms with van der Waals surface area (Å²) in [6.07, 6.45) is 3.65. The van der Waals surface area contributed by atoms with Gasteiger partial charge in [-0.3, -0.25) is 14.2 Å². The number of hydrogen-bond acceptors (Lipinski definition) is 9. The second kappa shape index (κ2) is 11.9. The van der Waals surface area contributed by atoms with Crippen LogP contribution in [0.1, 0.15) is 43.1 Å². The fourth-order valence-corrected chi connectivity index (χ4v) is 6.10. The smallest absolute Gasteiger partial charge is 0.295 e. The van der Waals surface area contributed by atoms with Crippen molar-refractivity contribution in [2.24, 2.45) is 0 Å². The van der Waals surface area contributed by atoms with Crippen molar-refractivity contribution < 1.29 is 18.7 Å². The number of Topliss-reactive ketones (excluding diaryl/α,β-unsaturated/α-hetero) is 1. The number of ether oxygens (including phenoxy) is 2. The van der Waals surface area contributed by atoms with E-state index in [2.05, 4.69) is 20.9 Å². The molecule has 1 fully saturated rings. The van der Waals surface area contributed by atoms with Crippen molar-refractivity contribution in [1.29, 1.82) is 0 Å². The maximum absolute atomic E-state index is 14.6. The van der Waals surface area contributed by atoms with E-state index in [1.54, 1.807) is 24.4 Å². The van der Waals surface area contributed by atoms with Crippen molar-refractivity contribution in [1.82, 2.24) is 19.9 Å². The van der Waals surface area contributed by atoms with E-state index in [9.17, 15) is 14.0 Å². The predicted octanol–water partition coefficient (Wildman–Crippen LogP) is 6.23. The number of aromatic nitrogens is 3. The maximum atomic E-state index is 14.6. The number of benzene rings is 3. The molecule has 3 aromatic carbocycles. The number of anilines is 3. The molecule has 7 rings (SSSR count). The Hall–Kier alpha value is -5.29. The van der Waals surface area contributed by atoms with Gasteiger partial charge in [0.1, 0.15) is 23.5 Å². The Bertz CT molecular complexity index is 1990. The quantitative estimate of drug-likeness (QED) is 0.195. The Kier molecular flexibility index (Phi) is 7.61. The molecule has 2 aliphatic heterocycles. The molecule has 0 saturated carbocycles. The molecule has 1 saturated heterocycles. The zero-order valence-corrected chi connectivity index (χ0v) is 25.4. The molecule has 5 aromatic rings. The average molecular weight is 621 g/mol. The topological polar surface area (TPSA) is 119 Å². The minimum Gasteiger partial charge on any atom is -0.490 e. The van der Waals surface area contributed by atoms with Gasteiger partial charge in [-0.1, -0.05) is 24.3 Å². The second-order valence-electron chi connectivity index (χ2n) is 12.1. The molecule has 46 heavy (non-hydrogen) atoms. The molecule has 234 valence electrons. The van der Waals surface area contributed by atoms with E-state index in [0.29, 0.717) is 16.6 Å². The highest BCUT2D eigenvalue weighted by Gasteiger charge is 2.44. The number of nitrogens with one attached hydrogen (secondary N) is 3. The standard InChI is InChI=1S/C35H33FN6O4/c1-35(2)31(30(43)25-7-3-5-9-27(25)41-35)42-32-21(19-29(33(42)44)46-28-10-6-4-8-26(28)36)20-38-34(40-32)39-22-11-13-23(14-12-22)45-24-15-17-37-18-16-24/h3-14,19-20,24,31,37,41H,15-18H2,1-2H3,(H,38,39,40). The Labute approximate surface area is 264 Å². The summed E-state index contributed by atoms with van der Waals surface area (Å²) < 4.78 is 27.9.